The number of nitrogens with zero attached hydrogens (tertiary/aromatic N) is 1. The Balaban J connectivity index is 2.51. The lowest BCUT2D eigenvalue weighted by Crippen LogP contribution is -2.33. The molecule has 66 valence electrons. The lowest BCUT2D eigenvalue weighted by Gasteiger charge is -2.17. The van der Waals surface area contributed by atoms with Crippen LogP contribution in [0.5, 0.6) is 0 Å². The molecule has 1 aliphatic heterocycles. The Labute approximate surface area is 66.1 Å². The summed E-state index contributed by atoms with van der Waals surface area (Å²) in [4.78, 5) is 1.81. The van der Waals surface area contributed by atoms with Gasteiger partial charge in [-0.05, 0) is 7.05 Å². The second-order valence-electron chi connectivity index (χ2n) is 3.25. The summed E-state index contributed by atoms with van der Waals surface area (Å²) in [6.45, 7) is 0.951. The summed E-state index contributed by atoms with van der Waals surface area (Å²) < 4.78 is 0. The molecule has 0 amide bonds. The van der Waals surface area contributed by atoms with Crippen molar-refractivity contribution in [3.63, 3.8) is 0 Å². The SMILES string of the molecule is CN1C[C@H](O)C[C@@H](O)[C@@H](O)C1. The van der Waals surface area contributed by atoms with Crippen molar-refractivity contribution in [3.05, 3.63) is 0 Å². The first-order valence-corrected chi connectivity index (χ1v) is 3.82. The molecule has 0 radical (unpaired) electrons. The van der Waals surface area contributed by atoms with Gasteiger partial charge in [-0.3, -0.25) is 0 Å². The Hall–Kier alpha value is -0.160. The van der Waals surface area contributed by atoms with Crippen molar-refractivity contribution in [2.24, 2.45) is 0 Å². The Kier molecular flexibility index (Phi) is 2.84. The van der Waals surface area contributed by atoms with Crippen LogP contribution in [0.15, 0.2) is 0 Å². The average Bonchev–Trinajstić information content (AvgIpc) is 1.93. The molecule has 0 aromatic carbocycles. The topological polar surface area (TPSA) is 63.9 Å². The summed E-state index contributed by atoms with van der Waals surface area (Å²) in [5, 5.41) is 27.7. The van der Waals surface area contributed by atoms with Crippen molar-refractivity contribution >= 4 is 0 Å². The predicted octanol–water partition coefficient (Wildman–Crippen LogP) is -1.60. The molecular formula is C7H15NO3. The zero-order valence-corrected chi connectivity index (χ0v) is 6.64. The quantitative estimate of drug-likeness (QED) is 0.400. The fourth-order valence-electron chi connectivity index (χ4n) is 1.39. The number of hydrogen-bond acceptors (Lipinski definition) is 4. The van der Waals surface area contributed by atoms with Crippen molar-refractivity contribution in [1.82, 2.24) is 4.90 Å². The van der Waals surface area contributed by atoms with Crippen molar-refractivity contribution in [2.75, 3.05) is 20.1 Å². The van der Waals surface area contributed by atoms with E-state index in [1.165, 1.54) is 0 Å². The van der Waals surface area contributed by atoms with Gasteiger partial charge in [0.25, 0.3) is 0 Å². The summed E-state index contributed by atoms with van der Waals surface area (Å²) >= 11 is 0. The van der Waals surface area contributed by atoms with E-state index >= 15 is 0 Å². The van der Waals surface area contributed by atoms with Gasteiger partial charge in [0.1, 0.15) is 0 Å². The maximum absolute atomic E-state index is 9.24. The number of rotatable bonds is 0. The first kappa shape index (κ1) is 8.93. The molecule has 0 unspecified atom stereocenters. The first-order chi connectivity index (χ1) is 5.09. The molecule has 1 aliphatic rings. The van der Waals surface area contributed by atoms with E-state index in [4.69, 9.17) is 0 Å². The number of likely N-dealkylation sites (tertiary alicyclic amines) is 1. The van der Waals surface area contributed by atoms with Crippen molar-refractivity contribution in [1.29, 1.82) is 0 Å². The Bertz CT molecular complexity index is 117. The summed E-state index contributed by atoms with van der Waals surface area (Å²) in [6.07, 6.45) is -1.76. The van der Waals surface area contributed by atoms with Crippen molar-refractivity contribution in [2.45, 2.75) is 24.7 Å². The third-order valence-corrected chi connectivity index (χ3v) is 1.98. The third kappa shape index (κ3) is 2.41. The zero-order chi connectivity index (χ0) is 8.43. The Morgan fingerprint density at radius 2 is 1.73 bits per heavy atom. The minimum Gasteiger partial charge on any atom is -0.392 e. The van der Waals surface area contributed by atoms with Crippen LogP contribution in [0.4, 0.5) is 0 Å². The molecule has 3 atom stereocenters. The third-order valence-electron chi connectivity index (χ3n) is 1.98. The predicted molar refractivity (Wildman–Crippen MR) is 40.1 cm³/mol. The molecule has 3 N–H and O–H groups in total. The summed E-state index contributed by atoms with van der Waals surface area (Å²) in [5.74, 6) is 0. The average molecular weight is 161 g/mol. The van der Waals surface area contributed by atoms with Crippen LogP contribution in [0.1, 0.15) is 6.42 Å². The van der Waals surface area contributed by atoms with Crippen LogP contribution in [-0.2, 0) is 0 Å². The van der Waals surface area contributed by atoms with Crippen molar-refractivity contribution < 1.29 is 15.3 Å². The molecule has 1 rings (SSSR count). The van der Waals surface area contributed by atoms with Crippen LogP contribution in [0, 0.1) is 0 Å². The van der Waals surface area contributed by atoms with Crippen LogP contribution in [-0.4, -0.2) is 58.7 Å². The van der Waals surface area contributed by atoms with Gasteiger partial charge < -0.3 is 20.2 Å². The number of aliphatic hydroxyl groups is 3. The van der Waals surface area contributed by atoms with E-state index in [1.54, 1.807) is 0 Å². The molecule has 0 saturated carbocycles. The van der Waals surface area contributed by atoms with E-state index in [2.05, 4.69) is 0 Å². The molecule has 0 spiro atoms. The monoisotopic (exact) mass is 161 g/mol. The summed E-state index contributed by atoms with van der Waals surface area (Å²) in [7, 11) is 1.81. The second-order valence-corrected chi connectivity index (χ2v) is 3.25. The molecule has 1 fully saturated rings. The largest absolute Gasteiger partial charge is 0.392 e. The molecule has 0 aliphatic carbocycles. The minimum absolute atomic E-state index is 0.269. The first-order valence-electron chi connectivity index (χ1n) is 3.82. The zero-order valence-electron chi connectivity index (χ0n) is 6.64. The lowest BCUT2D eigenvalue weighted by molar-refractivity contribution is 0.00191. The van der Waals surface area contributed by atoms with Gasteiger partial charge >= 0.3 is 0 Å². The van der Waals surface area contributed by atoms with Crippen LogP contribution < -0.4 is 0 Å². The smallest absolute Gasteiger partial charge is 0.0926 e. The Morgan fingerprint density at radius 1 is 1.09 bits per heavy atom. The van der Waals surface area contributed by atoms with Gasteiger partial charge in [0.15, 0.2) is 0 Å². The van der Waals surface area contributed by atoms with E-state index in [0.29, 0.717) is 13.1 Å². The highest BCUT2D eigenvalue weighted by Crippen LogP contribution is 2.10. The maximum Gasteiger partial charge on any atom is 0.0926 e. The van der Waals surface area contributed by atoms with Crippen LogP contribution in [0.25, 0.3) is 0 Å². The fourth-order valence-corrected chi connectivity index (χ4v) is 1.39. The molecule has 11 heavy (non-hydrogen) atoms. The maximum atomic E-state index is 9.24. The van der Waals surface area contributed by atoms with Gasteiger partial charge in [0.05, 0.1) is 18.3 Å². The van der Waals surface area contributed by atoms with Gasteiger partial charge in [-0.15, -0.1) is 0 Å². The molecule has 4 nitrogen and oxygen atoms in total. The summed E-state index contributed by atoms with van der Waals surface area (Å²) in [5.41, 5.74) is 0. The fraction of sp³-hybridized carbons (Fsp3) is 1.00. The highest BCUT2D eigenvalue weighted by Gasteiger charge is 2.26. The lowest BCUT2D eigenvalue weighted by atomic mass is 10.1. The van der Waals surface area contributed by atoms with Gasteiger partial charge in [-0.25, -0.2) is 0 Å². The van der Waals surface area contributed by atoms with Gasteiger partial charge in [-0.1, -0.05) is 0 Å². The molecule has 4 heteroatoms. The van der Waals surface area contributed by atoms with Crippen LogP contribution in [0.2, 0.25) is 0 Å². The number of aliphatic hydroxyl groups excluding tert-OH is 3. The number of hydrogen-bond donors (Lipinski definition) is 3. The number of likely N-dealkylation sites (N-methyl/N-ethyl adjacent to an activating group) is 1. The van der Waals surface area contributed by atoms with E-state index in [9.17, 15) is 15.3 Å². The highest BCUT2D eigenvalue weighted by atomic mass is 16.3. The standard InChI is InChI=1S/C7H15NO3/c1-8-3-5(9)2-6(10)7(11)4-8/h5-7,9-11H,2-4H2,1H3/t5-,6-,7+/m1/s1. The highest BCUT2D eigenvalue weighted by molar-refractivity contribution is 4.79. The van der Waals surface area contributed by atoms with Gasteiger partial charge in [0, 0.05) is 19.5 Å². The number of β-amino-alcohol motifs (C(OH)–C–C–N with tert-alkyl or cyclic N) is 2. The van der Waals surface area contributed by atoms with Crippen LogP contribution >= 0.6 is 0 Å². The molecule has 1 saturated heterocycles. The van der Waals surface area contributed by atoms with Gasteiger partial charge in [-0.2, -0.15) is 0 Å². The molecular weight excluding hydrogens is 146 g/mol. The molecule has 1 heterocycles. The molecule has 0 bridgehead atoms. The molecule has 0 aromatic heterocycles. The van der Waals surface area contributed by atoms with E-state index in [0.717, 1.165) is 0 Å². The summed E-state index contributed by atoms with van der Waals surface area (Å²) in [6, 6.07) is 0. The van der Waals surface area contributed by atoms with Crippen LogP contribution in [0.3, 0.4) is 0 Å². The Morgan fingerprint density at radius 3 is 2.36 bits per heavy atom. The van der Waals surface area contributed by atoms with E-state index in [1.807, 2.05) is 11.9 Å². The normalized spacial score (nSPS) is 42.0. The van der Waals surface area contributed by atoms with Gasteiger partial charge in [0.2, 0.25) is 0 Å². The van der Waals surface area contributed by atoms with E-state index < -0.39 is 18.3 Å². The van der Waals surface area contributed by atoms with E-state index in [-0.39, 0.29) is 6.42 Å². The molecule has 0 aromatic rings. The minimum atomic E-state index is -0.782. The van der Waals surface area contributed by atoms with Crippen molar-refractivity contribution in [3.8, 4) is 0 Å². The second kappa shape index (κ2) is 3.49.